The number of thiazole rings is 1. The molecule has 2 N–H and O–H groups in total. The zero-order valence-electron chi connectivity index (χ0n) is 11.3. The van der Waals surface area contributed by atoms with Gasteiger partial charge in [0.25, 0.3) is 0 Å². The third kappa shape index (κ3) is 2.57. The molecule has 1 aromatic rings. The topological polar surface area (TPSA) is 54.0 Å². The van der Waals surface area contributed by atoms with Crippen LogP contribution in [-0.2, 0) is 11.3 Å². The molecule has 1 atom stereocenters. The SMILES string of the molecule is CCC1(C(=O)NCc2sc(C)nc2C)CCCN1. The quantitative estimate of drug-likeness (QED) is 0.876. The normalized spacial score (nSPS) is 23.3. The van der Waals surface area contributed by atoms with Gasteiger partial charge in [0.1, 0.15) is 0 Å². The number of nitrogens with zero attached hydrogens (tertiary/aromatic N) is 1. The fourth-order valence-electron chi connectivity index (χ4n) is 2.53. The fourth-order valence-corrected chi connectivity index (χ4v) is 3.41. The summed E-state index contributed by atoms with van der Waals surface area (Å²) < 4.78 is 0. The Morgan fingerprint density at radius 1 is 1.56 bits per heavy atom. The minimum atomic E-state index is -0.340. The summed E-state index contributed by atoms with van der Waals surface area (Å²) in [5.74, 6) is 0.132. The number of hydrogen-bond acceptors (Lipinski definition) is 4. The average Bonchev–Trinajstić information content (AvgIpc) is 2.94. The van der Waals surface area contributed by atoms with Crippen molar-refractivity contribution in [2.45, 2.75) is 52.1 Å². The number of carbonyl (C=O) groups is 1. The first-order valence-electron chi connectivity index (χ1n) is 6.53. The van der Waals surface area contributed by atoms with Crippen molar-refractivity contribution in [1.82, 2.24) is 15.6 Å². The van der Waals surface area contributed by atoms with Gasteiger partial charge in [0.15, 0.2) is 0 Å². The third-order valence-corrected chi connectivity index (χ3v) is 4.76. The molecule has 100 valence electrons. The van der Waals surface area contributed by atoms with Gasteiger partial charge in [-0.3, -0.25) is 4.79 Å². The van der Waals surface area contributed by atoms with E-state index in [1.807, 2.05) is 13.8 Å². The van der Waals surface area contributed by atoms with Gasteiger partial charge >= 0.3 is 0 Å². The van der Waals surface area contributed by atoms with Crippen molar-refractivity contribution in [3.8, 4) is 0 Å². The van der Waals surface area contributed by atoms with Gasteiger partial charge in [-0.15, -0.1) is 11.3 Å². The lowest BCUT2D eigenvalue weighted by Crippen LogP contribution is -2.52. The van der Waals surface area contributed by atoms with E-state index in [1.165, 1.54) is 0 Å². The highest BCUT2D eigenvalue weighted by molar-refractivity contribution is 7.11. The van der Waals surface area contributed by atoms with Gasteiger partial charge in [-0.25, -0.2) is 4.98 Å². The molecule has 0 aromatic carbocycles. The van der Waals surface area contributed by atoms with E-state index in [0.29, 0.717) is 6.54 Å². The molecule has 1 aliphatic heterocycles. The van der Waals surface area contributed by atoms with Crippen LogP contribution in [0.3, 0.4) is 0 Å². The molecule has 0 bridgehead atoms. The van der Waals surface area contributed by atoms with Crippen LogP contribution < -0.4 is 10.6 Å². The summed E-state index contributed by atoms with van der Waals surface area (Å²) in [6.07, 6.45) is 2.87. The summed E-state index contributed by atoms with van der Waals surface area (Å²) in [5.41, 5.74) is 0.691. The Hall–Kier alpha value is -0.940. The molecule has 0 aliphatic carbocycles. The van der Waals surface area contributed by atoms with E-state index >= 15 is 0 Å². The Kier molecular flexibility index (Phi) is 4.02. The molecule has 5 heteroatoms. The maximum Gasteiger partial charge on any atom is 0.240 e. The number of rotatable bonds is 4. The molecule has 4 nitrogen and oxygen atoms in total. The summed E-state index contributed by atoms with van der Waals surface area (Å²) in [6, 6.07) is 0. The zero-order chi connectivity index (χ0) is 13.2. The minimum absolute atomic E-state index is 0.132. The monoisotopic (exact) mass is 267 g/mol. The largest absolute Gasteiger partial charge is 0.350 e. The number of aromatic nitrogens is 1. The van der Waals surface area contributed by atoms with Crippen molar-refractivity contribution in [3.05, 3.63) is 15.6 Å². The maximum atomic E-state index is 12.3. The van der Waals surface area contributed by atoms with E-state index in [4.69, 9.17) is 0 Å². The van der Waals surface area contributed by atoms with Gasteiger partial charge in [0.2, 0.25) is 5.91 Å². The molecule has 1 amide bonds. The maximum absolute atomic E-state index is 12.3. The summed E-state index contributed by atoms with van der Waals surface area (Å²) >= 11 is 1.66. The van der Waals surface area contributed by atoms with Gasteiger partial charge in [-0.1, -0.05) is 6.92 Å². The Morgan fingerprint density at radius 2 is 2.33 bits per heavy atom. The first-order chi connectivity index (χ1) is 8.57. The Morgan fingerprint density at radius 3 is 2.83 bits per heavy atom. The number of nitrogens with one attached hydrogen (secondary N) is 2. The highest BCUT2D eigenvalue weighted by Crippen LogP contribution is 2.24. The second-order valence-electron chi connectivity index (χ2n) is 4.89. The molecule has 1 aliphatic rings. The zero-order valence-corrected chi connectivity index (χ0v) is 12.1. The van der Waals surface area contributed by atoms with Crippen LogP contribution in [0.4, 0.5) is 0 Å². The fraction of sp³-hybridized carbons (Fsp3) is 0.692. The van der Waals surface area contributed by atoms with Gasteiger partial charge in [0, 0.05) is 4.88 Å². The van der Waals surface area contributed by atoms with Crippen LogP contribution in [0.15, 0.2) is 0 Å². The van der Waals surface area contributed by atoms with Crippen LogP contribution in [-0.4, -0.2) is 23.0 Å². The molecule has 1 fully saturated rings. The van der Waals surface area contributed by atoms with Crippen LogP contribution in [0.5, 0.6) is 0 Å². The highest BCUT2D eigenvalue weighted by Gasteiger charge is 2.38. The van der Waals surface area contributed by atoms with E-state index in [9.17, 15) is 4.79 Å². The lowest BCUT2D eigenvalue weighted by molar-refractivity contribution is -0.127. The van der Waals surface area contributed by atoms with Crippen LogP contribution in [0.2, 0.25) is 0 Å². The molecular formula is C13H21N3OS. The van der Waals surface area contributed by atoms with Crippen molar-refractivity contribution in [3.63, 3.8) is 0 Å². The van der Waals surface area contributed by atoms with E-state index in [1.54, 1.807) is 11.3 Å². The van der Waals surface area contributed by atoms with Crippen molar-refractivity contribution >= 4 is 17.2 Å². The Labute approximate surface area is 112 Å². The van der Waals surface area contributed by atoms with Gasteiger partial charge in [0.05, 0.1) is 22.8 Å². The Bertz CT molecular complexity index is 435. The standard InChI is InChI=1S/C13H21N3OS/c1-4-13(6-5-7-15-13)12(17)14-8-11-9(2)16-10(3)18-11/h15H,4-8H2,1-3H3,(H,14,17). The average molecular weight is 267 g/mol. The lowest BCUT2D eigenvalue weighted by atomic mass is 9.93. The van der Waals surface area contributed by atoms with Gasteiger partial charge in [-0.05, 0) is 39.7 Å². The summed E-state index contributed by atoms with van der Waals surface area (Å²) in [4.78, 5) is 17.8. The number of carbonyl (C=O) groups excluding carboxylic acids is 1. The summed E-state index contributed by atoms with van der Waals surface area (Å²) in [7, 11) is 0. The molecule has 0 saturated carbocycles. The van der Waals surface area contributed by atoms with Gasteiger partial charge < -0.3 is 10.6 Å². The van der Waals surface area contributed by atoms with Crippen molar-refractivity contribution in [2.24, 2.45) is 0 Å². The summed E-state index contributed by atoms with van der Waals surface area (Å²) in [5, 5.41) is 7.46. The predicted octanol–water partition coefficient (Wildman–Crippen LogP) is 1.91. The van der Waals surface area contributed by atoms with Crippen molar-refractivity contribution < 1.29 is 4.79 Å². The number of hydrogen-bond donors (Lipinski definition) is 2. The van der Waals surface area contributed by atoms with Crippen molar-refractivity contribution in [1.29, 1.82) is 0 Å². The molecule has 0 spiro atoms. The van der Waals surface area contributed by atoms with Crippen LogP contribution in [0.25, 0.3) is 0 Å². The highest BCUT2D eigenvalue weighted by atomic mass is 32.1. The van der Waals surface area contributed by atoms with Crippen LogP contribution >= 0.6 is 11.3 Å². The molecule has 2 heterocycles. The van der Waals surface area contributed by atoms with E-state index in [2.05, 4.69) is 22.5 Å². The van der Waals surface area contributed by atoms with E-state index in [0.717, 1.165) is 41.4 Å². The van der Waals surface area contributed by atoms with Crippen LogP contribution in [0, 0.1) is 13.8 Å². The Balaban J connectivity index is 1.97. The lowest BCUT2D eigenvalue weighted by Gasteiger charge is -2.26. The first kappa shape index (κ1) is 13.5. The minimum Gasteiger partial charge on any atom is -0.350 e. The van der Waals surface area contributed by atoms with Crippen LogP contribution in [0.1, 0.15) is 41.8 Å². The number of amides is 1. The first-order valence-corrected chi connectivity index (χ1v) is 7.35. The number of aryl methyl sites for hydroxylation is 2. The molecule has 1 aromatic heterocycles. The summed E-state index contributed by atoms with van der Waals surface area (Å²) in [6.45, 7) is 7.60. The molecule has 1 unspecified atom stereocenters. The molecule has 0 radical (unpaired) electrons. The second-order valence-corrected chi connectivity index (χ2v) is 6.18. The molecule has 1 saturated heterocycles. The third-order valence-electron chi connectivity index (χ3n) is 3.69. The molecule has 2 rings (SSSR count). The molecule has 18 heavy (non-hydrogen) atoms. The van der Waals surface area contributed by atoms with E-state index < -0.39 is 0 Å². The predicted molar refractivity (Wildman–Crippen MR) is 73.7 cm³/mol. The van der Waals surface area contributed by atoms with Crippen molar-refractivity contribution in [2.75, 3.05) is 6.54 Å². The molecular weight excluding hydrogens is 246 g/mol. The van der Waals surface area contributed by atoms with Gasteiger partial charge in [-0.2, -0.15) is 0 Å². The second kappa shape index (κ2) is 5.36. The smallest absolute Gasteiger partial charge is 0.240 e. The van der Waals surface area contributed by atoms with E-state index in [-0.39, 0.29) is 11.4 Å².